The van der Waals surface area contributed by atoms with E-state index >= 15 is 0 Å². The second-order valence-electron chi connectivity index (χ2n) is 9.10. The lowest BCUT2D eigenvalue weighted by Gasteiger charge is -2.08. The van der Waals surface area contributed by atoms with Gasteiger partial charge in [0.2, 0.25) is 0 Å². The molecule has 0 fully saturated rings. The summed E-state index contributed by atoms with van der Waals surface area (Å²) in [6, 6.07) is 7.10. The van der Waals surface area contributed by atoms with Crippen molar-refractivity contribution in [2.75, 3.05) is 5.32 Å². The van der Waals surface area contributed by atoms with Crippen molar-refractivity contribution in [2.45, 2.75) is 58.9 Å². The molecule has 8 nitrogen and oxygen atoms in total. The molecule has 0 bridgehead atoms. The van der Waals surface area contributed by atoms with E-state index in [9.17, 15) is 19.2 Å². The Morgan fingerprint density at radius 1 is 0.829 bits per heavy atom. The third-order valence-corrected chi connectivity index (χ3v) is 6.66. The molecule has 35 heavy (non-hydrogen) atoms. The van der Waals surface area contributed by atoms with Crippen molar-refractivity contribution in [3.63, 3.8) is 0 Å². The summed E-state index contributed by atoms with van der Waals surface area (Å²) < 4.78 is 11.4. The fourth-order valence-corrected chi connectivity index (χ4v) is 4.94. The van der Waals surface area contributed by atoms with E-state index < -0.39 is 5.91 Å². The van der Waals surface area contributed by atoms with Gasteiger partial charge in [-0.25, -0.2) is 0 Å². The second kappa shape index (κ2) is 9.02. The van der Waals surface area contributed by atoms with Crippen molar-refractivity contribution < 1.29 is 28.0 Å². The smallest absolute Gasteiger partial charge is 0.291 e. The highest BCUT2D eigenvalue weighted by atomic mass is 16.4. The summed E-state index contributed by atoms with van der Waals surface area (Å²) in [6.07, 6.45) is 3.71. The van der Waals surface area contributed by atoms with Crippen LogP contribution in [0.2, 0.25) is 0 Å². The molecule has 5 rings (SSSR count). The van der Waals surface area contributed by atoms with Gasteiger partial charge in [0, 0.05) is 49.0 Å². The highest BCUT2D eigenvalue weighted by Gasteiger charge is 2.30. The number of ketones is 2. The number of fused-ring (bicyclic) bond motifs is 2. The molecule has 0 spiro atoms. The van der Waals surface area contributed by atoms with E-state index in [1.54, 1.807) is 32.0 Å². The van der Waals surface area contributed by atoms with Gasteiger partial charge in [0.1, 0.15) is 11.5 Å². The van der Waals surface area contributed by atoms with E-state index in [0.717, 1.165) is 18.4 Å². The Hall–Kier alpha value is -3.94. The number of hydrogen-bond donors (Lipinski definition) is 2. The van der Waals surface area contributed by atoms with Gasteiger partial charge in [0.15, 0.2) is 23.1 Å². The van der Waals surface area contributed by atoms with E-state index in [-0.39, 0.29) is 35.5 Å². The van der Waals surface area contributed by atoms with Gasteiger partial charge < -0.3 is 19.5 Å². The molecule has 8 heteroatoms. The number of anilines is 1. The van der Waals surface area contributed by atoms with Crippen molar-refractivity contribution in [3.8, 4) is 0 Å². The lowest BCUT2D eigenvalue weighted by Crippen LogP contribution is -2.23. The molecule has 0 radical (unpaired) electrons. The molecule has 2 aliphatic rings. The van der Waals surface area contributed by atoms with Crippen LogP contribution in [0.25, 0.3) is 0 Å². The number of carbonyl (C=O) groups is 4. The lowest BCUT2D eigenvalue weighted by atomic mass is 9.94. The predicted octanol–water partition coefficient (Wildman–Crippen LogP) is 4.71. The van der Waals surface area contributed by atoms with Gasteiger partial charge in [-0.3, -0.25) is 19.2 Å². The number of amides is 2. The van der Waals surface area contributed by atoms with Crippen LogP contribution >= 0.6 is 0 Å². The van der Waals surface area contributed by atoms with Crippen molar-refractivity contribution in [1.82, 2.24) is 5.32 Å². The summed E-state index contributed by atoms with van der Waals surface area (Å²) >= 11 is 0. The summed E-state index contributed by atoms with van der Waals surface area (Å²) in [5.74, 6) is 0.709. The van der Waals surface area contributed by atoms with Gasteiger partial charge in [0.25, 0.3) is 11.8 Å². The minimum absolute atomic E-state index is 0.0151. The Balaban J connectivity index is 1.26. The summed E-state index contributed by atoms with van der Waals surface area (Å²) in [7, 11) is 0. The maximum atomic E-state index is 12.9. The van der Waals surface area contributed by atoms with Crippen LogP contribution in [0.3, 0.4) is 0 Å². The SMILES string of the molecule is Cc1c(C(=O)NCc2cccc(NC(=O)c3oc4c(c3C)C(=O)CCC4)c2)oc2c1C(=O)CCC2. The summed E-state index contributed by atoms with van der Waals surface area (Å²) in [5.41, 5.74) is 3.54. The number of nitrogens with one attached hydrogen (secondary N) is 2. The zero-order chi connectivity index (χ0) is 24.7. The molecule has 0 aliphatic heterocycles. The van der Waals surface area contributed by atoms with E-state index in [1.807, 2.05) is 6.07 Å². The Morgan fingerprint density at radius 2 is 1.40 bits per heavy atom. The topological polar surface area (TPSA) is 119 Å². The molecular weight excluding hydrogens is 448 g/mol. The quantitative estimate of drug-likeness (QED) is 0.553. The molecule has 2 amide bonds. The van der Waals surface area contributed by atoms with E-state index in [4.69, 9.17) is 8.83 Å². The van der Waals surface area contributed by atoms with Gasteiger partial charge in [-0.15, -0.1) is 0 Å². The number of rotatable bonds is 5. The first-order valence-corrected chi connectivity index (χ1v) is 11.8. The molecule has 2 N–H and O–H groups in total. The van der Waals surface area contributed by atoms with E-state index in [2.05, 4.69) is 10.6 Å². The molecule has 1 aromatic carbocycles. The number of benzene rings is 1. The minimum Gasteiger partial charge on any atom is -0.455 e. The van der Waals surface area contributed by atoms with Crippen LogP contribution in [0.15, 0.2) is 33.1 Å². The Morgan fingerprint density at radius 3 is 1.97 bits per heavy atom. The molecule has 2 aliphatic carbocycles. The third-order valence-electron chi connectivity index (χ3n) is 6.66. The molecule has 180 valence electrons. The molecule has 3 aromatic rings. The van der Waals surface area contributed by atoms with Crippen LogP contribution in [0.5, 0.6) is 0 Å². The summed E-state index contributed by atoms with van der Waals surface area (Å²) in [6.45, 7) is 3.68. The number of aryl methyl sites for hydroxylation is 2. The van der Waals surface area contributed by atoms with Gasteiger partial charge in [0.05, 0.1) is 11.1 Å². The average Bonchev–Trinajstić information content (AvgIpc) is 3.36. The predicted molar refractivity (Wildman–Crippen MR) is 127 cm³/mol. The second-order valence-corrected chi connectivity index (χ2v) is 9.10. The number of furan rings is 2. The Bertz CT molecular complexity index is 1380. The fourth-order valence-electron chi connectivity index (χ4n) is 4.94. The zero-order valence-electron chi connectivity index (χ0n) is 19.7. The molecule has 0 unspecified atom stereocenters. The van der Waals surface area contributed by atoms with Crippen LogP contribution in [0.4, 0.5) is 5.69 Å². The molecule has 2 aromatic heterocycles. The van der Waals surface area contributed by atoms with E-state index in [1.165, 1.54) is 0 Å². The van der Waals surface area contributed by atoms with Crippen LogP contribution in [0, 0.1) is 13.8 Å². The van der Waals surface area contributed by atoms with Gasteiger partial charge in [-0.1, -0.05) is 12.1 Å². The van der Waals surface area contributed by atoms with Gasteiger partial charge in [-0.2, -0.15) is 0 Å². The molecule has 2 heterocycles. The number of hydrogen-bond acceptors (Lipinski definition) is 6. The zero-order valence-corrected chi connectivity index (χ0v) is 19.7. The molecule has 0 saturated carbocycles. The van der Waals surface area contributed by atoms with Crippen molar-refractivity contribution in [2.24, 2.45) is 0 Å². The highest BCUT2D eigenvalue weighted by molar-refractivity contribution is 6.07. The lowest BCUT2D eigenvalue weighted by molar-refractivity contribution is 0.0916. The Labute approximate surface area is 202 Å². The van der Waals surface area contributed by atoms with Crippen molar-refractivity contribution in [3.05, 3.63) is 75.1 Å². The minimum atomic E-state index is -0.424. The average molecular weight is 475 g/mol. The standard InChI is InChI=1S/C27H26N2O6/c1-14-22-18(30)8-4-10-20(22)34-24(14)26(32)28-13-16-6-3-7-17(12-16)29-27(33)25-15(2)23-19(31)9-5-11-21(23)35-25/h3,6-7,12H,4-5,8-11,13H2,1-2H3,(H,28,32)(H,29,33). The number of carbonyl (C=O) groups excluding carboxylic acids is 4. The van der Waals surface area contributed by atoms with Crippen LogP contribution < -0.4 is 10.6 Å². The molecule has 0 atom stereocenters. The normalized spacial score (nSPS) is 14.9. The summed E-state index contributed by atoms with van der Waals surface area (Å²) in [5, 5.41) is 5.64. The molecular formula is C27H26N2O6. The van der Waals surface area contributed by atoms with Crippen molar-refractivity contribution in [1.29, 1.82) is 0 Å². The maximum absolute atomic E-state index is 12.9. The Kier molecular flexibility index (Phi) is 5.88. The first-order valence-electron chi connectivity index (χ1n) is 11.8. The largest absolute Gasteiger partial charge is 0.455 e. The highest BCUT2D eigenvalue weighted by Crippen LogP contribution is 2.31. The van der Waals surface area contributed by atoms with Gasteiger partial charge in [-0.05, 0) is 44.4 Å². The van der Waals surface area contributed by atoms with Crippen LogP contribution in [-0.4, -0.2) is 23.4 Å². The van der Waals surface area contributed by atoms with Gasteiger partial charge >= 0.3 is 0 Å². The maximum Gasteiger partial charge on any atom is 0.291 e. The molecule has 0 saturated heterocycles. The monoisotopic (exact) mass is 474 g/mol. The first kappa shape index (κ1) is 22.8. The van der Waals surface area contributed by atoms with Crippen LogP contribution in [-0.2, 0) is 19.4 Å². The van der Waals surface area contributed by atoms with Crippen LogP contribution in [0.1, 0.15) is 95.7 Å². The first-order chi connectivity index (χ1) is 16.8. The third kappa shape index (κ3) is 4.20. The number of Topliss-reactive ketones (excluding diaryl/α,β-unsaturated/α-hetero) is 2. The fraction of sp³-hybridized carbons (Fsp3) is 0.333. The van der Waals surface area contributed by atoms with Crippen molar-refractivity contribution >= 4 is 29.1 Å². The van der Waals surface area contributed by atoms with E-state index in [0.29, 0.717) is 65.1 Å². The summed E-state index contributed by atoms with van der Waals surface area (Å²) in [4.78, 5) is 50.0.